The normalized spacial score (nSPS) is 22.8. The lowest BCUT2D eigenvalue weighted by Gasteiger charge is -2.21. The Labute approximate surface area is 110 Å². The molecule has 98 valence electrons. The molecule has 1 aliphatic rings. The molecule has 2 atom stereocenters. The number of benzene rings is 1. The fourth-order valence-corrected chi connectivity index (χ4v) is 2.62. The molecule has 1 N–H and O–H groups in total. The van der Waals surface area contributed by atoms with Crippen LogP contribution in [0.2, 0.25) is 0 Å². The van der Waals surface area contributed by atoms with Gasteiger partial charge in [0.25, 0.3) is 0 Å². The molecule has 0 saturated carbocycles. The molecule has 0 amide bonds. The van der Waals surface area contributed by atoms with Gasteiger partial charge in [-0.25, -0.2) is 4.98 Å². The maximum absolute atomic E-state index is 11.3. The minimum Gasteiger partial charge on any atom is -0.481 e. The Morgan fingerprint density at radius 3 is 2.89 bits per heavy atom. The van der Waals surface area contributed by atoms with Crippen LogP contribution in [0, 0.1) is 12.8 Å². The highest BCUT2D eigenvalue weighted by Gasteiger charge is 2.33. The highest BCUT2D eigenvalue weighted by Crippen LogP contribution is 2.36. The van der Waals surface area contributed by atoms with Crippen LogP contribution < -0.4 is 0 Å². The Morgan fingerprint density at radius 2 is 2.16 bits per heavy atom. The number of carboxylic acid groups (broad SMARTS) is 1. The number of aromatic nitrogens is 1. The summed E-state index contributed by atoms with van der Waals surface area (Å²) in [4.78, 5) is 15.8. The molecule has 1 aliphatic carbocycles. The van der Waals surface area contributed by atoms with Crippen molar-refractivity contribution >= 4 is 17.1 Å². The number of para-hydroxylation sites is 1. The zero-order valence-corrected chi connectivity index (χ0v) is 10.7. The van der Waals surface area contributed by atoms with Gasteiger partial charge < -0.3 is 9.52 Å². The second kappa shape index (κ2) is 4.53. The van der Waals surface area contributed by atoms with E-state index in [0.717, 1.165) is 16.7 Å². The number of hydrogen-bond donors (Lipinski definition) is 1. The highest BCUT2D eigenvalue weighted by atomic mass is 16.4. The van der Waals surface area contributed by atoms with Gasteiger partial charge in [-0.3, -0.25) is 4.79 Å². The first-order chi connectivity index (χ1) is 9.16. The zero-order valence-electron chi connectivity index (χ0n) is 10.7. The van der Waals surface area contributed by atoms with E-state index < -0.39 is 11.9 Å². The van der Waals surface area contributed by atoms with E-state index in [2.05, 4.69) is 4.98 Å². The van der Waals surface area contributed by atoms with Crippen LogP contribution in [-0.4, -0.2) is 16.1 Å². The van der Waals surface area contributed by atoms with Crippen LogP contribution in [0.1, 0.15) is 30.2 Å². The van der Waals surface area contributed by atoms with Gasteiger partial charge in [-0.1, -0.05) is 24.3 Å². The average molecular weight is 257 g/mol. The Bertz CT molecular complexity index is 656. The van der Waals surface area contributed by atoms with Crippen LogP contribution >= 0.6 is 0 Å². The Hall–Kier alpha value is -2.10. The van der Waals surface area contributed by atoms with Gasteiger partial charge in [-0.2, -0.15) is 0 Å². The number of nitrogens with zero attached hydrogens (tertiary/aromatic N) is 1. The van der Waals surface area contributed by atoms with Crippen molar-refractivity contribution in [2.75, 3.05) is 0 Å². The molecule has 2 aromatic rings. The molecule has 2 unspecified atom stereocenters. The third-order valence-electron chi connectivity index (χ3n) is 3.70. The minimum atomic E-state index is -0.784. The SMILES string of the molecule is Cc1cccc2oc(C3CC=CCC3C(=O)O)nc12. The van der Waals surface area contributed by atoms with Crippen molar-refractivity contribution in [2.24, 2.45) is 5.92 Å². The standard InChI is InChI=1S/C15H15NO3/c1-9-5-4-8-12-13(9)16-14(19-12)10-6-2-3-7-11(10)15(17)18/h2-5,8,10-11H,6-7H2,1H3,(H,17,18). The first kappa shape index (κ1) is 12.0. The van der Waals surface area contributed by atoms with Gasteiger partial charge in [0, 0.05) is 0 Å². The average Bonchev–Trinajstić information content (AvgIpc) is 2.84. The number of allylic oxidation sites excluding steroid dienone is 2. The Balaban J connectivity index is 2.05. The van der Waals surface area contributed by atoms with Crippen molar-refractivity contribution < 1.29 is 14.3 Å². The molecule has 4 heteroatoms. The summed E-state index contributed by atoms with van der Waals surface area (Å²) < 4.78 is 5.76. The van der Waals surface area contributed by atoms with E-state index in [9.17, 15) is 9.90 Å². The van der Waals surface area contributed by atoms with Crippen molar-refractivity contribution in [1.29, 1.82) is 0 Å². The van der Waals surface area contributed by atoms with Gasteiger partial charge in [-0.15, -0.1) is 0 Å². The molecule has 3 rings (SSSR count). The smallest absolute Gasteiger partial charge is 0.307 e. The largest absolute Gasteiger partial charge is 0.481 e. The second-order valence-corrected chi connectivity index (χ2v) is 4.97. The van der Waals surface area contributed by atoms with Gasteiger partial charge in [-0.05, 0) is 31.4 Å². The zero-order chi connectivity index (χ0) is 13.4. The molecule has 1 aromatic carbocycles. The fourth-order valence-electron chi connectivity index (χ4n) is 2.62. The lowest BCUT2D eigenvalue weighted by atomic mass is 9.83. The monoisotopic (exact) mass is 257 g/mol. The van der Waals surface area contributed by atoms with Crippen LogP contribution in [0.3, 0.4) is 0 Å². The summed E-state index contributed by atoms with van der Waals surface area (Å²) in [6.45, 7) is 1.98. The Kier molecular flexibility index (Phi) is 2.85. The molecule has 0 bridgehead atoms. The molecule has 0 fully saturated rings. The third-order valence-corrected chi connectivity index (χ3v) is 3.70. The quantitative estimate of drug-likeness (QED) is 0.839. The van der Waals surface area contributed by atoms with Crippen molar-refractivity contribution in [3.8, 4) is 0 Å². The van der Waals surface area contributed by atoms with Crippen LogP contribution in [0.5, 0.6) is 0 Å². The van der Waals surface area contributed by atoms with Gasteiger partial charge in [0.05, 0.1) is 11.8 Å². The number of carboxylic acids is 1. The van der Waals surface area contributed by atoms with E-state index in [-0.39, 0.29) is 5.92 Å². The van der Waals surface area contributed by atoms with Crippen molar-refractivity contribution in [2.45, 2.75) is 25.7 Å². The van der Waals surface area contributed by atoms with Crippen molar-refractivity contribution in [3.05, 3.63) is 41.8 Å². The lowest BCUT2D eigenvalue weighted by Crippen LogP contribution is -2.23. The molecule has 0 aliphatic heterocycles. The van der Waals surface area contributed by atoms with Crippen LogP contribution in [0.4, 0.5) is 0 Å². The number of aryl methyl sites for hydroxylation is 1. The van der Waals surface area contributed by atoms with E-state index in [0.29, 0.717) is 18.7 Å². The third kappa shape index (κ3) is 2.03. The molecule has 0 radical (unpaired) electrons. The van der Waals surface area contributed by atoms with Gasteiger partial charge >= 0.3 is 5.97 Å². The summed E-state index contributed by atoms with van der Waals surface area (Å²) in [5.41, 5.74) is 2.61. The van der Waals surface area contributed by atoms with E-state index in [1.54, 1.807) is 0 Å². The topological polar surface area (TPSA) is 63.3 Å². The highest BCUT2D eigenvalue weighted by molar-refractivity contribution is 5.77. The van der Waals surface area contributed by atoms with Crippen molar-refractivity contribution in [1.82, 2.24) is 4.98 Å². The summed E-state index contributed by atoms with van der Waals surface area (Å²) in [5, 5.41) is 9.30. The van der Waals surface area contributed by atoms with Gasteiger partial charge in [0.2, 0.25) is 0 Å². The second-order valence-electron chi connectivity index (χ2n) is 4.97. The lowest BCUT2D eigenvalue weighted by molar-refractivity contribution is -0.142. The molecule has 19 heavy (non-hydrogen) atoms. The van der Waals surface area contributed by atoms with E-state index >= 15 is 0 Å². The molecular weight excluding hydrogens is 242 g/mol. The predicted molar refractivity (Wildman–Crippen MR) is 71.0 cm³/mol. The number of carbonyl (C=O) groups is 1. The molecule has 0 saturated heterocycles. The molecule has 1 heterocycles. The summed E-state index contributed by atoms with van der Waals surface area (Å²) in [5.74, 6) is -0.859. The van der Waals surface area contributed by atoms with Crippen LogP contribution in [0.15, 0.2) is 34.8 Å². The maximum atomic E-state index is 11.3. The number of hydrogen-bond acceptors (Lipinski definition) is 3. The van der Waals surface area contributed by atoms with Crippen LogP contribution in [-0.2, 0) is 4.79 Å². The number of aliphatic carboxylic acids is 1. The molecule has 1 aromatic heterocycles. The first-order valence-corrected chi connectivity index (χ1v) is 6.40. The molecule has 4 nitrogen and oxygen atoms in total. The molecular formula is C15H15NO3. The fraction of sp³-hybridized carbons (Fsp3) is 0.333. The summed E-state index contributed by atoms with van der Waals surface area (Å²) in [6.07, 6.45) is 5.13. The summed E-state index contributed by atoms with van der Waals surface area (Å²) in [6, 6.07) is 5.76. The minimum absolute atomic E-state index is 0.172. The maximum Gasteiger partial charge on any atom is 0.307 e. The van der Waals surface area contributed by atoms with Gasteiger partial charge in [0.1, 0.15) is 5.52 Å². The van der Waals surface area contributed by atoms with Crippen LogP contribution in [0.25, 0.3) is 11.1 Å². The van der Waals surface area contributed by atoms with Crippen molar-refractivity contribution in [3.63, 3.8) is 0 Å². The van der Waals surface area contributed by atoms with Gasteiger partial charge in [0.15, 0.2) is 11.5 Å². The summed E-state index contributed by atoms with van der Waals surface area (Å²) in [7, 11) is 0. The Morgan fingerprint density at radius 1 is 1.37 bits per heavy atom. The molecule has 0 spiro atoms. The number of rotatable bonds is 2. The number of oxazole rings is 1. The summed E-state index contributed by atoms with van der Waals surface area (Å²) >= 11 is 0. The van der Waals surface area contributed by atoms with E-state index in [4.69, 9.17) is 4.42 Å². The van der Waals surface area contributed by atoms with E-state index in [1.165, 1.54) is 0 Å². The number of fused-ring (bicyclic) bond motifs is 1. The predicted octanol–water partition coefficient (Wildman–Crippen LogP) is 3.27. The van der Waals surface area contributed by atoms with E-state index in [1.807, 2.05) is 37.3 Å². The first-order valence-electron chi connectivity index (χ1n) is 6.40.